The zero-order valence-corrected chi connectivity index (χ0v) is 14.9. The smallest absolute Gasteiger partial charge is 0.226 e. The monoisotopic (exact) mass is 353 g/mol. The Bertz CT molecular complexity index is 792. The van der Waals surface area contributed by atoms with Crippen molar-refractivity contribution >= 4 is 21.6 Å². The molecule has 1 heterocycles. The quantitative estimate of drug-likeness (QED) is 0.810. The van der Waals surface area contributed by atoms with Crippen LogP contribution in [0.2, 0.25) is 5.28 Å². The van der Waals surface area contributed by atoms with Gasteiger partial charge in [0.1, 0.15) is 0 Å². The normalized spacial score (nSPS) is 11.9. The summed E-state index contributed by atoms with van der Waals surface area (Å²) < 4.78 is 27.1. The third-order valence-electron chi connectivity index (χ3n) is 3.28. The molecule has 23 heavy (non-hydrogen) atoms. The largest absolute Gasteiger partial charge is 0.240 e. The molecule has 0 saturated heterocycles. The zero-order chi connectivity index (χ0) is 17.0. The van der Waals surface area contributed by atoms with Crippen molar-refractivity contribution in [2.24, 2.45) is 0 Å². The fourth-order valence-corrected chi connectivity index (χ4v) is 3.73. The summed E-state index contributed by atoms with van der Waals surface area (Å²) in [7, 11) is -3.51. The van der Waals surface area contributed by atoms with E-state index in [1.165, 1.54) is 0 Å². The second kappa shape index (κ2) is 7.38. The van der Waals surface area contributed by atoms with Crippen LogP contribution < -0.4 is 4.72 Å². The first-order chi connectivity index (χ1) is 10.8. The fourth-order valence-electron chi connectivity index (χ4n) is 2.26. The zero-order valence-electron chi connectivity index (χ0n) is 13.4. The highest BCUT2D eigenvalue weighted by atomic mass is 35.5. The van der Waals surface area contributed by atoms with Crippen LogP contribution in [0.5, 0.6) is 0 Å². The lowest BCUT2D eigenvalue weighted by molar-refractivity contribution is 0.569. The van der Waals surface area contributed by atoms with E-state index in [9.17, 15) is 8.42 Å². The van der Waals surface area contributed by atoms with Gasteiger partial charge in [0, 0.05) is 18.7 Å². The van der Waals surface area contributed by atoms with E-state index in [0.717, 1.165) is 23.2 Å². The van der Waals surface area contributed by atoms with Gasteiger partial charge in [-0.25, -0.2) is 23.1 Å². The highest BCUT2D eigenvalue weighted by Crippen LogP contribution is 2.18. The van der Waals surface area contributed by atoms with Crippen molar-refractivity contribution in [1.82, 2.24) is 14.7 Å². The Kier molecular flexibility index (Phi) is 5.73. The molecule has 0 aliphatic carbocycles. The Balaban J connectivity index is 2.33. The van der Waals surface area contributed by atoms with Crippen molar-refractivity contribution in [2.45, 2.75) is 44.6 Å². The molecule has 124 valence electrons. The van der Waals surface area contributed by atoms with E-state index in [-0.39, 0.29) is 16.2 Å². The summed E-state index contributed by atoms with van der Waals surface area (Å²) in [5.41, 5.74) is 2.68. The number of hydrogen-bond acceptors (Lipinski definition) is 4. The molecule has 5 nitrogen and oxygen atoms in total. The van der Waals surface area contributed by atoms with Crippen LogP contribution in [0.25, 0.3) is 0 Å². The van der Waals surface area contributed by atoms with E-state index in [4.69, 9.17) is 11.6 Å². The SMILES string of the molecule is CCc1cnc(Cl)nc1Cc1cccc(S(=O)(=O)NC(C)C)c1. The van der Waals surface area contributed by atoms with Gasteiger partial charge in [-0.15, -0.1) is 0 Å². The van der Waals surface area contributed by atoms with E-state index in [1.54, 1.807) is 38.2 Å². The van der Waals surface area contributed by atoms with Crippen LogP contribution in [0.1, 0.15) is 37.6 Å². The van der Waals surface area contributed by atoms with Crippen molar-refractivity contribution in [2.75, 3.05) is 0 Å². The van der Waals surface area contributed by atoms with Crippen LogP contribution in [0.3, 0.4) is 0 Å². The van der Waals surface area contributed by atoms with Crippen molar-refractivity contribution in [3.8, 4) is 0 Å². The third-order valence-corrected chi connectivity index (χ3v) is 5.12. The Morgan fingerprint density at radius 2 is 2.04 bits per heavy atom. The summed E-state index contributed by atoms with van der Waals surface area (Å²) in [6.45, 7) is 5.60. The van der Waals surface area contributed by atoms with E-state index >= 15 is 0 Å². The first kappa shape index (κ1) is 17.8. The van der Waals surface area contributed by atoms with Gasteiger partial charge in [-0.3, -0.25) is 0 Å². The van der Waals surface area contributed by atoms with Crippen molar-refractivity contribution < 1.29 is 8.42 Å². The van der Waals surface area contributed by atoms with Crippen LogP contribution >= 0.6 is 11.6 Å². The Hall–Kier alpha value is -1.50. The molecule has 1 N–H and O–H groups in total. The van der Waals surface area contributed by atoms with Crippen LogP contribution in [0.4, 0.5) is 0 Å². The molecule has 0 amide bonds. The molecule has 0 radical (unpaired) electrons. The van der Waals surface area contributed by atoms with Gasteiger partial charge in [0.05, 0.1) is 10.6 Å². The standard InChI is InChI=1S/C16H20ClN3O2S/c1-4-13-10-18-16(17)19-15(13)9-12-6-5-7-14(8-12)23(21,22)20-11(2)3/h5-8,10-11,20H,4,9H2,1-3H3. The molecule has 2 rings (SSSR count). The molecule has 0 saturated carbocycles. The van der Waals surface area contributed by atoms with Gasteiger partial charge in [0.15, 0.2) is 0 Å². The molecule has 0 atom stereocenters. The van der Waals surface area contributed by atoms with Gasteiger partial charge in [0.2, 0.25) is 15.3 Å². The van der Waals surface area contributed by atoms with Gasteiger partial charge in [-0.05, 0) is 55.1 Å². The van der Waals surface area contributed by atoms with E-state index in [2.05, 4.69) is 14.7 Å². The maximum Gasteiger partial charge on any atom is 0.240 e. The van der Waals surface area contributed by atoms with Crippen molar-refractivity contribution in [3.05, 3.63) is 52.6 Å². The molecule has 0 spiro atoms. The summed E-state index contributed by atoms with van der Waals surface area (Å²) in [4.78, 5) is 8.51. The molecule has 0 unspecified atom stereocenters. The molecular formula is C16H20ClN3O2S. The first-order valence-electron chi connectivity index (χ1n) is 7.43. The summed E-state index contributed by atoms with van der Waals surface area (Å²) in [6.07, 6.45) is 3.02. The fraction of sp³-hybridized carbons (Fsp3) is 0.375. The van der Waals surface area contributed by atoms with Gasteiger partial charge in [-0.2, -0.15) is 0 Å². The predicted molar refractivity (Wildman–Crippen MR) is 91.1 cm³/mol. The van der Waals surface area contributed by atoms with Crippen molar-refractivity contribution in [3.63, 3.8) is 0 Å². The third kappa shape index (κ3) is 4.73. The van der Waals surface area contributed by atoms with Gasteiger partial charge >= 0.3 is 0 Å². The summed E-state index contributed by atoms with van der Waals surface area (Å²) in [5.74, 6) is 0. The number of hydrogen-bond donors (Lipinski definition) is 1. The first-order valence-corrected chi connectivity index (χ1v) is 9.29. The molecular weight excluding hydrogens is 334 g/mol. The van der Waals surface area contributed by atoms with E-state index in [0.29, 0.717) is 6.42 Å². The average molecular weight is 354 g/mol. The second-order valence-electron chi connectivity index (χ2n) is 5.56. The van der Waals surface area contributed by atoms with Gasteiger partial charge < -0.3 is 0 Å². The minimum absolute atomic E-state index is 0.156. The Morgan fingerprint density at radius 1 is 1.30 bits per heavy atom. The molecule has 1 aromatic carbocycles. The Morgan fingerprint density at radius 3 is 2.70 bits per heavy atom. The van der Waals surface area contributed by atoms with E-state index in [1.807, 2.05) is 13.0 Å². The molecule has 0 aliphatic heterocycles. The molecule has 2 aromatic rings. The van der Waals surface area contributed by atoms with Crippen LogP contribution in [0.15, 0.2) is 35.4 Å². The van der Waals surface area contributed by atoms with E-state index < -0.39 is 10.0 Å². The molecule has 0 fully saturated rings. The molecule has 0 bridgehead atoms. The highest BCUT2D eigenvalue weighted by molar-refractivity contribution is 7.89. The minimum Gasteiger partial charge on any atom is -0.226 e. The maximum absolute atomic E-state index is 12.3. The summed E-state index contributed by atoms with van der Waals surface area (Å²) in [6, 6.07) is 6.71. The molecule has 7 heteroatoms. The van der Waals surface area contributed by atoms with Gasteiger partial charge in [0.25, 0.3) is 0 Å². The lowest BCUT2D eigenvalue weighted by atomic mass is 10.1. The van der Waals surface area contributed by atoms with Crippen molar-refractivity contribution in [1.29, 1.82) is 0 Å². The lowest BCUT2D eigenvalue weighted by Gasteiger charge is -2.11. The number of halogens is 1. The van der Waals surface area contributed by atoms with Crippen LogP contribution in [-0.4, -0.2) is 24.4 Å². The lowest BCUT2D eigenvalue weighted by Crippen LogP contribution is -2.30. The number of nitrogens with one attached hydrogen (secondary N) is 1. The number of sulfonamides is 1. The number of aromatic nitrogens is 2. The molecule has 1 aromatic heterocycles. The highest BCUT2D eigenvalue weighted by Gasteiger charge is 2.16. The van der Waals surface area contributed by atoms with Crippen LogP contribution in [-0.2, 0) is 22.9 Å². The average Bonchev–Trinajstić information content (AvgIpc) is 2.46. The summed E-state index contributed by atoms with van der Waals surface area (Å²) in [5, 5.41) is 0.197. The number of nitrogens with zero attached hydrogens (tertiary/aromatic N) is 2. The number of rotatable bonds is 6. The summed E-state index contributed by atoms with van der Waals surface area (Å²) >= 11 is 5.87. The minimum atomic E-state index is -3.51. The number of benzene rings is 1. The molecule has 0 aliphatic rings. The van der Waals surface area contributed by atoms with Crippen LogP contribution in [0, 0.1) is 0 Å². The Labute approximate surface area is 142 Å². The number of aryl methyl sites for hydroxylation is 1. The second-order valence-corrected chi connectivity index (χ2v) is 7.62. The maximum atomic E-state index is 12.3. The van der Waals surface area contributed by atoms with Gasteiger partial charge in [-0.1, -0.05) is 19.1 Å². The topological polar surface area (TPSA) is 72.0 Å². The predicted octanol–water partition coefficient (Wildman–Crippen LogP) is 2.97.